The van der Waals surface area contributed by atoms with Gasteiger partial charge in [0.05, 0.1) is 6.10 Å². The minimum atomic E-state index is -0.593. The van der Waals surface area contributed by atoms with E-state index in [9.17, 15) is 9.90 Å². The first-order valence-electron chi connectivity index (χ1n) is 6.38. The number of carbonyl (C=O) groups excluding carboxylic acids is 1. The Kier molecular flexibility index (Phi) is 4.98. The van der Waals surface area contributed by atoms with Crippen molar-refractivity contribution in [3.05, 3.63) is 58.3 Å². The zero-order valence-corrected chi connectivity index (χ0v) is 12.8. The van der Waals surface area contributed by atoms with Crippen molar-refractivity contribution in [3.8, 4) is 0 Å². The Hall–Kier alpha value is -1.59. The molecule has 0 unspecified atom stereocenters. The zero-order chi connectivity index (χ0) is 14.5. The zero-order valence-electron chi connectivity index (χ0n) is 11.2. The molecule has 0 aliphatic heterocycles. The van der Waals surface area contributed by atoms with E-state index >= 15 is 0 Å². The number of nitrogens with zero attached hydrogens (tertiary/aromatic N) is 1. The highest BCUT2D eigenvalue weighted by molar-refractivity contribution is 9.10. The molecule has 0 aliphatic rings. The highest BCUT2D eigenvalue weighted by Crippen LogP contribution is 2.13. The summed E-state index contributed by atoms with van der Waals surface area (Å²) in [4.78, 5) is 12.0. The summed E-state index contributed by atoms with van der Waals surface area (Å²) >= 11 is 3.33. The lowest BCUT2D eigenvalue weighted by atomic mass is 10.1. The van der Waals surface area contributed by atoms with E-state index in [-0.39, 0.29) is 12.5 Å². The van der Waals surface area contributed by atoms with Crippen LogP contribution in [0.4, 0.5) is 0 Å². The number of nitrogens with one attached hydrogen (secondary N) is 1. The normalized spacial score (nSPS) is 12.2. The third-order valence-corrected chi connectivity index (χ3v) is 3.45. The van der Waals surface area contributed by atoms with Crippen molar-refractivity contribution in [1.82, 2.24) is 9.88 Å². The van der Waals surface area contributed by atoms with Crippen LogP contribution in [0.1, 0.15) is 16.1 Å². The van der Waals surface area contributed by atoms with Gasteiger partial charge < -0.3 is 15.0 Å². The van der Waals surface area contributed by atoms with Gasteiger partial charge >= 0.3 is 0 Å². The molecule has 2 N–H and O–H groups in total. The minimum Gasteiger partial charge on any atom is -0.391 e. The quantitative estimate of drug-likeness (QED) is 0.878. The van der Waals surface area contributed by atoms with Crippen LogP contribution in [-0.4, -0.2) is 28.2 Å². The molecule has 2 rings (SSSR count). The van der Waals surface area contributed by atoms with E-state index in [4.69, 9.17) is 0 Å². The van der Waals surface area contributed by atoms with Crippen LogP contribution in [0.2, 0.25) is 0 Å². The standard InChI is InChI=1S/C15H17BrN2O2/c1-18-10-12(16)8-14(18)15(20)17-9-13(19)7-11-5-3-2-4-6-11/h2-6,8,10,13,19H,7,9H2,1H3,(H,17,20)/t13-/m0/s1. The number of amides is 1. The SMILES string of the molecule is Cn1cc(Br)cc1C(=O)NC[C@@H](O)Cc1ccccc1. The number of rotatable bonds is 5. The molecule has 0 saturated heterocycles. The Labute approximate surface area is 126 Å². The summed E-state index contributed by atoms with van der Waals surface area (Å²) in [6, 6.07) is 11.5. The smallest absolute Gasteiger partial charge is 0.268 e. The van der Waals surface area contributed by atoms with Gasteiger partial charge in [-0.1, -0.05) is 30.3 Å². The van der Waals surface area contributed by atoms with Gasteiger partial charge in [0.2, 0.25) is 0 Å². The second-order valence-corrected chi connectivity index (χ2v) is 5.62. The van der Waals surface area contributed by atoms with Crippen LogP contribution in [0.3, 0.4) is 0 Å². The monoisotopic (exact) mass is 336 g/mol. The van der Waals surface area contributed by atoms with Gasteiger partial charge in [-0.05, 0) is 27.6 Å². The number of hydrogen-bond donors (Lipinski definition) is 2. The van der Waals surface area contributed by atoms with Crippen molar-refractivity contribution < 1.29 is 9.90 Å². The maximum absolute atomic E-state index is 12.0. The summed E-state index contributed by atoms with van der Waals surface area (Å²) in [6.07, 6.45) is 1.75. The van der Waals surface area contributed by atoms with Crippen LogP contribution in [0.5, 0.6) is 0 Å². The van der Waals surface area contributed by atoms with E-state index in [1.807, 2.05) is 36.5 Å². The Morgan fingerprint density at radius 3 is 2.70 bits per heavy atom. The number of aryl methyl sites for hydroxylation is 1. The van der Waals surface area contributed by atoms with Gasteiger partial charge in [-0.25, -0.2) is 0 Å². The summed E-state index contributed by atoms with van der Waals surface area (Å²) in [6.45, 7) is 0.233. The highest BCUT2D eigenvalue weighted by atomic mass is 79.9. The third-order valence-electron chi connectivity index (χ3n) is 3.02. The van der Waals surface area contributed by atoms with Crippen molar-refractivity contribution in [3.63, 3.8) is 0 Å². The van der Waals surface area contributed by atoms with E-state index in [1.54, 1.807) is 17.7 Å². The third kappa shape index (κ3) is 3.95. The van der Waals surface area contributed by atoms with Crippen LogP contribution in [0, 0.1) is 0 Å². The molecule has 0 bridgehead atoms. The summed E-state index contributed by atoms with van der Waals surface area (Å²) in [5.74, 6) is -0.190. The van der Waals surface area contributed by atoms with Crippen LogP contribution >= 0.6 is 15.9 Å². The number of hydrogen-bond acceptors (Lipinski definition) is 2. The molecule has 1 atom stereocenters. The molecule has 5 heteroatoms. The Morgan fingerprint density at radius 1 is 1.40 bits per heavy atom. The molecule has 20 heavy (non-hydrogen) atoms. The molecule has 0 fully saturated rings. The van der Waals surface area contributed by atoms with Gasteiger partial charge in [-0.15, -0.1) is 0 Å². The van der Waals surface area contributed by atoms with Crippen molar-refractivity contribution in [1.29, 1.82) is 0 Å². The molecular weight excluding hydrogens is 320 g/mol. The second kappa shape index (κ2) is 6.72. The number of aliphatic hydroxyl groups is 1. The lowest BCUT2D eigenvalue weighted by Gasteiger charge is -2.12. The van der Waals surface area contributed by atoms with Crippen molar-refractivity contribution in [2.75, 3.05) is 6.54 Å². The van der Waals surface area contributed by atoms with E-state index in [0.29, 0.717) is 12.1 Å². The van der Waals surface area contributed by atoms with E-state index < -0.39 is 6.10 Å². The summed E-state index contributed by atoms with van der Waals surface area (Å²) < 4.78 is 2.60. The predicted octanol–water partition coefficient (Wildman–Crippen LogP) is 2.12. The van der Waals surface area contributed by atoms with Crippen LogP contribution in [-0.2, 0) is 13.5 Å². The van der Waals surface area contributed by atoms with Gasteiger partial charge in [0.25, 0.3) is 5.91 Å². The van der Waals surface area contributed by atoms with Gasteiger partial charge in [0.1, 0.15) is 5.69 Å². The number of benzene rings is 1. The number of carbonyl (C=O) groups is 1. The van der Waals surface area contributed by atoms with Crippen LogP contribution in [0.15, 0.2) is 47.1 Å². The van der Waals surface area contributed by atoms with Gasteiger partial charge in [-0.3, -0.25) is 4.79 Å². The molecule has 0 saturated carbocycles. The maximum atomic E-state index is 12.0. The lowest BCUT2D eigenvalue weighted by Crippen LogP contribution is -2.34. The topological polar surface area (TPSA) is 54.3 Å². The van der Waals surface area contributed by atoms with Crippen molar-refractivity contribution in [2.24, 2.45) is 7.05 Å². The fraction of sp³-hybridized carbons (Fsp3) is 0.267. The fourth-order valence-electron chi connectivity index (χ4n) is 2.01. The van der Waals surface area contributed by atoms with Gasteiger partial charge in [0, 0.05) is 30.7 Å². The fourth-order valence-corrected chi connectivity index (χ4v) is 2.53. The van der Waals surface area contributed by atoms with Crippen molar-refractivity contribution >= 4 is 21.8 Å². The molecule has 0 radical (unpaired) electrons. The second-order valence-electron chi connectivity index (χ2n) is 4.71. The predicted molar refractivity (Wildman–Crippen MR) is 81.6 cm³/mol. The molecule has 2 aromatic rings. The van der Waals surface area contributed by atoms with Crippen molar-refractivity contribution in [2.45, 2.75) is 12.5 Å². The Balaban J connectivity index is 1.86. The molecule has 0 spiro atoms. The van der Waals surface area contributed by atoms with Gasteiger partial charge in [-0.2, -0.15) is 0 Å². The molecule has 1 aromatic carbocycles. The average Bonchev–Trinajstić information content (AvgIpc) is 2.76. The molecule has 106 valence electrons. The number of halogens is 1. The molecular formula is C15H17BrN2O2. The summed E-state index contributed by atoms with van der Waals surface area (Å²) in [7, 11) is 1.81. The van der Waals surface area contributed by atoms with E-state index in [2.05, 4.69) is 21.2 Å². The first-order valence-corrected chi connectivity index (χ1v) is 7.17. The first kappa shape index (κ1) is 14.8. The minimum absolute atomic E-state index is 0.190. The molecule has 1 amide bonds. The van der Waals surface area contributed by atoms with E-state index in [1.165, 1.54) is 0 Å². The molecule has 1 aromatic heterocycles. The van der Waals surface area contributed by atoms with E-state index in [0.717, 1.165) is 10.0 Å². The van der Waals surface area contributed by atoms with Crippen LogP contribution < -0.4 is 5.32 Å². The van der Waals surface area contributed by atoms with Gasteiger partial charge in [0.15, 0.2) is 0 Å². The Bertz CT molecular complexity index is 581. The first-order chi connectivity index (χ1) is 9.56. The number of aliphatic hydroxyl groups excluding tert-OH is 1. The summed E-state index contributed by atoms with van der Waals surface area (Å²) in [5.41, 5.74) is 1.61. The molecule has 0 aliphatic carbocycles. The molecule has 4 nitrogen and oxygen atoms in total. The highest BCUT2D eigenvalue weighted by Gasteiger charge is 2.13. The lowest BCUT2D eigenvalue weighted by molar-refractivity contribution is 0.0908. The summed E-state index contributed by atoms with van der Waals surface area (Å²) in [5, 5.41) is 12.7. The average molecular weight is 337 g/mol. The van der Waals surface area contributed by atoms with Crippen LogP contribution in [0.25, 0.3) is 0 Å². The molecule has 1 heterocycles. The maximum Gasteiger partial charge on any atom is 0.268 e. The largest absolute Gasteiger partial charge is 0.391 e. The Morgan fingerprint density at radius 2 is 2.10 bits per heavy atom. The number of aromatic nitrogens is 1.